The third-order valence-electron chi connectivity index (χ3n) is 4.68. The van der Waals surface area contributed by atoms with Gasteiger partial charge in [-0.05, 0) is 50.0 Å². The van der Waals surface area contributed by atoms with E-state index < -0.39 is 0 Å². The average Bonchev–Trinajstić information content (AvgIpc) is 2.55. The molecule has 0 atom stereocenters. The molecule has 1 heterocycles. The molecule has 1 N–H and O–H groups in total. The van der Waals surface area contributed by atoms with Gasteiger partial charge in [-0.25, -0.2) is 4.79 Å². The van der Waals surface area contributed by atoms with Crippen LogP contribution in [0, 0.1) is 0 Å². The molecule has 0 spiro atoms. The van der Waals surface area contributed by atoms with E-state index in [9.17, 15) is 4.79 Å². The molecule has 1 aromatic carbocycles. The van der Waals surface area contributed by atoms with Crippen molar-refractivity contribution in [2.45, 2.75) is 45.1 Å². The molecule has 1 aliphatic rings. The minimum absolute atomic E-state index is 0.0164. The van der Waals surface area contributed by atoms with Gasteiger partial charge in [0.15, 0.2) is 0 Å². The van der Waals surface area contributed by atoms with E-state index in [1.807, 2.05) is 31.1 Å². The molecule has 0 bridgehead atoms. The summed E-state index contributed by atoms with van der Waals surface area (Å²) in [4.78, 5) is 16.9. The van der Waals surface area contributed by atoms with Gasteiger partial charge in [0.1, 0.15) is 0 Å². The number of amides is 2. The van der Waals surface area contributed by atoms with Crippen molar-refractivity contribution < 1.29 is 9.53 Å². The Kier molecular flexibility index (Phi) is 6.85. The molecule has 5 heteroatoms. The molecule has 0 aliphatic carbocycles. The van der Waals surface area contributed by atoms with Crippen molar-refractivity contribution in [1.29, 1.82) is 0 Å². The molecule has 1 saturated heterocycles. The van der Waals surface area contributed by atoms with Gasteiger partial charge in [0.05, 0.1) is 0 Å². The first-order valence-corrected chi connectivity index (χ1v) is 9.18. The van der Waals surface area contributed by atoms with E-state index in [0.29, 0.717) is 0 Å². The zero-order valence-electron chi connectivity index (χ0n) is 16.3. The lowest BCUT2D eigenvalue weighted by atomic mass is 9.87. The highest BCUT2D eigenvalue weighted by atomic mass is 16.5. The SMILES string of the molecule is CN(C)CCN(C(=O)Nc1ccc(C(C)(C)C)cc1)C1CCOCC1. The summed E-state index contributed by atoms with van der Waals surface area (Å²) in [5.41, 5.74) is 2.22. The van der Waals surface area contributed by atoms with Crippen LogP contribution in [0.2, 0.25) is 0 Å². The number of rotatable bonds is 5. The smallest absolute Gasteiger partial charge is 0.322 e. The van der Waals surface area contributed by atoms with Crippen LogP contribution in [0.5, 0.6) is 0 Å². The third kappa shape index (κ3) is 6.01. The third-order valence-corrected chi connectivity index (χ3v) is 4.68. The predicted octanol–water partition coefficient (Wildman–Crippen LogP) is 3.56. The Morgan fingerprint density at radius 2 is 1.72 bits per heavy atom. The Labute approximate surface area is 152 Å². The lowest BCUT2D eigenvalue weighted by molar-refractivity contribution is 0.0466. The molecule has 25 heavy (non-hydrogen) atoms. The molecule has 0 radical (unpaired) electrons. The summed E-state index contributed by atoms with van der Waals surface area (Å²) in [5, 5.41) is 3.07. The summed E-state index contributed by atoms with van der Waals surface area (Å²) in [6, 6.07) is 8.40. The summed E-state index contributed by atoms with van der Waals surface area (Å²) in [6.45, 7) is 9.61. The second kappa shape index (κ2) is 8.68. The van der Waals surface area contributed by atoms with E-state index in [4.69, 9.17) is 4.74 Å². The fourth-order valence-corrected chi connectivity index (χ4v) is 3.00. The topological polar surface area (TPSA) is 44.8 Å². The van der Waals surface area contributed by atoms with Crippen molar-refractivity contribution in [3.8, 4) is 0 Å². The molecule has 0 saturated carbocycles. The van der Waals surface area contributed by atoms with Gasteiger partial charge in [0, 0.05) is 38.0 Å². The first kappa shape index (κ1) is 19.7. The Hall–Kier alpha value is -1.59. The number of anilines is 1. The predicted molar refractivity (Wildman–Crippen MR) is 103 cm³/mol. The molecule has 1 fully saturated rings. The number of benzene rings is 1. The highest BCUT2D eigenvalue weighted by molar-refractivity contribution is 5.89. The van der Waals surface area contributed by atoms with Gasteiger partial charge in [0.2, 0.25) is 0 Å². The van der Waals surface area contributed by atoms with Crippen molar-refractivity contribution in [3.05, 3.63) is 29.8 Å². The van der Waals surface area contributed by atoms with Crippen molar-refractivity contribution in [3.63, 3.8) is 0 Å². The van der Waals surface area contributed by atoms with E-state index in [1.54, 1.807) is 0 Å². The molecule has 0 unspecified atom stereocenters. The number of likely N-dealkylation sites (N-methyl/N-ethyl adjacent to an activating group) is 1. The standard InChI is InChI=1S/C20H33N3O2/c1-20(2,3)16-6-8-17(9-7-16)21-19(24)23(13-12-22(4)5)18-10-14-25-15-11-18/h6-9,18H,10-15H2,1-5H3,(H,21,24). The van der Waals surface area contributed by atoms with E-state index in [0.717, 1.165) is 44.8 Å². The van der Waals surface area contributed by atoms with Gasteiger partial charge in [-0.3, -0.25) is 0 Å². The minimum Gasteiger partial charge on any atom is -0.381 e. The lowest BCUT2D eigenvalue weighted by Crippen LogP contribution is -2.48. The molecule has 140 valence electrons. The summed E-state index contributed by atoms with van der Waals surface area (Å²) in [5.74, 6) is 0. The second-order valence-corrected chi connectivity index (χ2v) is 8.10. The number of urea groups is 1. The minimum atomic E-state index is -0.0164. The van der Waals surface area contributed by atoms with Crippen LogP contribution >= 0.6 is 0 Å². The quantitative estimate of drug-likeness (QED) is 0.886. The maximum absolute atomic E-state index is 12.9. The van der Waals surface area contributed by atoms with Crippen LogP contribution in [0.3, 0.4) is 0 Å². The summed E-state index contributed by atoms with van der Waals surface area (Å²) in [7, 11) is 4.07. The van der Waals surface area contributed by atoms with Crippen LogP contribution in [-0.2, 0) is 10.2 Å². The number of ether oxygens (including phenoxy) is 1. The van der Waals surface area contributed by atoms with E-state index in [1.165, 1.54) is 5.56 Å². The molecule has 1 aromatic rings. The van der Waals surface area contributed by atoms with Crippen LogP contribution in [0.15, 0.2) is 24.3 Å². The zero-order chi connectivity index (χ0) is 18.4. The maximum Gasteiger partial charge on any atom is 0.322 e. The van der Waals surface area contributed by atoms with Crippen LogP contribution in [0.4, 0.5) is 10.5 Å². The fraction of sp³-hybridized carbons (Fsp3) is 0.650. The molecule has 5 nitrogen and oxygen atoms in total. The highest BCUT2D eigenvalue weighted by Crippen LogP contribution is 2.24. The first-order chi connectivity index (χ1) is 11.8. The monoisotopic (exact) mass is 347 g/mol. The average molecular weight is 348 g/mol. The molecule has 0 aromatic heterocycles. The summed E-state index contributed by atoms with van der Waals surface area (Å²) < 4.78 is 5.45. The summed E-state index contributed by atoms with van der Waals surface area (Å²) in [6.07, 6.45) is 1.81. The van der Waals surface area contributed by atoms with Crippen LogP contribution in [-0.4, -0.2) is 62.3 Å². The van der Waals surface area contributed by atoms with Gasteiger partial charge in [-0.15, -0.1) is 0 Å². The lowest BCUT2D eigenvalue weighted by Gasteiger charge is -2.35. The normalized spacial score (nSPS) is 16.1. The fourth-order valence-electron chi connectivity index (χ4n) is 3.00. The van der Waals surface area contributed by atoms with Crippen molar-refractivity contribution in [2.75, 3.05) is 45.7 Å². The van der Waals surface area contributed by atoms with Crippen LogP contribution in [0.25, 0.3) is 0 Å². The Morgan fingerprint density at radius 3 is 2.24 bits per heavy atom. The van der Waals surface area contributed by atoms with Gasteiger partial charge in [0.25, 0.3) is 0 Å². The van der Waals surface area contributed by atoms with Crippen molar-refractivity contribution >= 4 is 11.7 Å². The van der Waals surface area contributed by atoms with Gasteiger partial charge in [-0.1, -0.05) is 32.9 Å². The summed E-state index contributed by atoms with van der Waals surface area (Å²) >= 11 is 0. The van der Waals surface area contributed by atoms with E-state index in [2.05, 4.69) is 43.1 Å². The number of nitrogens with zero attached hydrogens (tertiary/aromatic N) is 2. The van der Waals surface area contributed by atoms with Gasteiger partial charge in [-0.2, -0.15) is 0 Å². The first-order valence-electron chi connectivity index (χ1n) is 9.18. The molecule has 2 rings (SSSR count). The molecule has 1 aliphatic heterocycles. The van der Waals surface area contributed by atoms with E-state index >= 15 is 0 Å². The number of carbonyl (C=O) groups is 1. The Bertz CT molecular complexity index is 543. The molecular formula is C20H33N3O2. The largest absolute Gasteiger partial charge is 0.381 e. The van der Waals surface area contributed by atoms with Crippen LogP contribution < -0.4 is 5.32 Å². The number of nitrogens with one attached hydrogen (secondary N) is 1. The highest BCUT2D eigenvalue weighted by Gasteiger charge is 2.26. The Morgan fingerprint density at radius 1 is 1.12 bits per heavy atom. The number of hydrogen-bond donors (Lipinski definition) is 1. The maximum atomic E-state index is 12.9. The Balaban J connectivity index is 2.04. The molecular weight excluding hydrogens is 314 g/mol. The number of carbonyl (C=O) groups excluding carboxylic acids is 1. The van der Waals surface area contributed by atoms with E-state index in [-0.39, 0.29) is 17.5 Å². The second-order valence-electron chi connectivity index (χ2n) is 8.10. The van der Waals surface area contributed by atoms with Crippen molar-refractivity contribution in [2.24, 2.45) is 0 Å². The zero-order valence-corrected chi connectivity index (χ0v) is 16.3. The van der Waals surface area contributed by atoms with Crippen molar-refractivity contribution in [1.82, 2.24) is 9.80 Å². The van der Waals surface area contributed by atoms with Gasteiger partial charge >= 0.3 is 6.03 Å². The number of hydrogen-bond acceptors (Lipinski definition) is 3. The van der Waals surface area contributed by atoms with Crippen LogP contribution in [0.1, 0.15) is 39.2 Å². The molecule has 2 amide bonds. The van der Waals surface area contributed by atoms with Gasteiger partial charge < -0.3 is 19.9 Å².